The lowest BCUT2D eigenvalue weighted by atomic mass is 10.0. The number of benzene rings is 2. The van der Waals surface area contributed by atoms with Gasteiger partial charge in [0.15, 0.2) is 0 Å². The van der Waals surface area contributed by atoms with Gasteiger partial charge in [0.25, 0.3) is 5.91 Å². The molecule has 1 aliphatic rings. The summed E-state index contributed by atoms with van der Waals surface area (Å²) in [6.45, 7) is 4.21. The number of anilines is 1. The molecule has 6 nitrogen and oxygen atoms in total. The fraction of sp³-hybridized carbons (Fsp3) is 0.227. The number of rotatable bonds is 5. The van der Waals surface area contributed by atoms with Crippen LogP contribution in [0.4, 0.5) is 10.1 Å². The minimum atomic E-state index is -0.696. The van der Waals surface area contributed by atoms with E-state index in [0.29, 0.717) is 24.3 Å². The van der Waals surface area contributed by atoms with Crippen molar-refractivity contribution in [2.45, 2.75) is 32.9 Å². The molecule has 0 bridgehead atoms. The van der Waals surface area contributed by atoms with Crippen LogP contribution in [0.25, 0.3) is 0 Å². The summed E-state index contributed by atoms with van der Waals surface area (Å²) in [7, 11) is 0. The van der Waals surface area contributed by atoms with E-state index < -0.39 is 6.10 Å². The van der Waals surface area contributed by atoms with Gasteiger partial charge >= 0.3 is 0 Å². The van der Waals surface area contributed by atoms with Gasteiger partial charge in [-0.05, 0) is 43.7 Å². The summed E-state index contributed by atoms with van der Waals surface area (Å²) in [5.41, 5.74) is 4.74. The van der Waals surface area contributed by atoms with Crippen LogP contribution in [0.3, 0.4) is 0 Å². The summed E-state index contributed by atoms with van der Waals surface area (Å²) in [5.74, 6) is -0.544. The largest absolute Gasteiger partial charge is 0.382 e. The van der Waals surface area contributed by atoms with Gasteiger partial charge in [0, 0.05) is 16.5 Å². The van der Waals surface area contributed by atoms with E-state index in [-0.39, 0.29) is 11.7 Å². The lowest BCUT2D eigenvalue weighted by Gasteiger charge is -2.10. The molecular formula is C22H20BrFN4O2. The highest BCUT2D eigenvalue weighted by molar-refractivity contribution is 9.10. The van der Waals surface area contributed by atoms with Crippen LogP contribution in [0.5, 0.6) is 0 Å². The maximum Gasteiger partial charge on any atom is 0.268 e. The van der Waals surface area contributed by atoms with Crippen molar-refractivity contribution in [3.8, 4) is 0 Å². The molecule has 4 rings (SSSR count). The third-order valence-electron chi connectivity index (χ3n) is 4.99. The second-order valence-electron chi connectivity index (χ2n) is 7.17. The number of halogens is 2. The molecule has 2 heterocycles. The molecule has 1 aromatic heterocycles. The van der Waals surface area contributed by atoms with Crippen LogP contribution in [-0.4, -0.2) is 27.5 Å². The standard InChI is InChI=1S/C22H20BrFN4O2/c1-13-21(14(2)28(26-13)12-15-6-8-18(24)9-7-15)25-22(29)20-11-19(27-30-20)16-4-3-5-17(23)10-16/h3-10,20H,11-12H2,1-2H3,(H,25,29)/t20-/m0/s1. The van der Waals surface area contributed by atoms with Crippen molar-refractivity contribution in [2.75, 3.05) is 5.32 Å². The van der Waals surface area contributed by atoms with Gasteiger partial charge in [-0.2, -0.15) is 5.10 Å². The highest BCUT2D eigenvalue weighted by Crippen LogP contribution is 2.24. The maximum absolute atomic E-state index is 13.1. The van der Waals surface area contributed by atoms with E-state index >= 15 is 0 Å². The summed E-state index contributed by atoms with van der Waals surface area (Å²) in [5, 5.41) is 11.5. The Morgan fingerprint density at radius 1 is 1.27 bits per heavy atom. The normalized spacial score (nSPS) is 15.6. The van der Waals surface area contributed by atoms with E-state index in [4.69, 9.17) is 4.84 Å². The maximum atomic E-state index is 13.1. The molecule has 0 saturated heterocycles. The van der Waals surface area contributed by atoms with E-state index in [0.717, 1.165) is 27.0 Å². The van der Waals surface area contributed by atoms with E-state index in [9.17, 15) is 9.18 Å². The molecule has 30 heavy (non-hydrogen) atoms. The fourth-order valence-corrected chi connectivity index (χ4v) is 3.75. The van der Waals surface area contributed by atoms with Crippen LogP contribution in [0.15, 0.2) is 58.2 Å². The fourth-order valence-electron chi connectivity index (χ4n) is 3.35. The van der Waals surface area contributed by atoms with Gasteiger partial charge in [0.1, 0.15) is 5.82 Å². The van der Waals surface area contributed by atoms with Crippen LogP contribution < -0.4 is 5.32 Å². The first-order chi connectivity index (χ1) is 14.4. The predicted molar refractivity (Wildman–Crippen MR) is 116 cm³/mol. The first-order valence-corrected chi connectivity index (χ1v) is 10.3. The van der Waals surface area contributed by atoms with Crippen molar-refractivity contribution >= 4 is 33.2 Å². The van der Waals surface area contributed by atoms with Crippen molar-refractivity contribution in [3.05, 3.63) is 81.3 Å². The molecular weight excluding hydrogens is 451 g/mol. The van der Waals surface area contributed by atoms with E-state index in [1.165, 1.54) is 12.1 Å². The van der Waals surface area contributed by atoms with Crippen molar-refractivity contribution in [3.63, 3.8) is 0 Å². The quantitative estimate of drug-likeness (QED) is 0.593. The van der Waals surface area contributed by atoms with Crippen molar-refractivity contribution in [2.24, 2.45) is 5.16 Å². The molecule has 0 aliphatic carbocycles. The van der Waals surface area contributed by atoms with Gasteiger partial charge in [-0.25, -0.2) is 4.39 Å². The number of aryl methyl sites for hydroxylation is 1. The Kier molecular flexibility index (Phi) is 5.67. The van der Waals surface area contributed by atoms with Gasteiger partial charge in [-0.15, -0.1) is 0 Å². The van der Waals surface area contributed by atoms with Crippen molar-refractivity contribution in [1.82, 2.24) is 9.78 Å². The zero-order valence-electron chi connectivity index (χ0n) is 16.5. The van der Waals surface area contributed by atoms with Gasteiger partial charge < -0.3 is 10.2 Å². The Labute approximate surface area is 181 Å². The zero-order valence-corrected chi connectivity index (χ0v) is 18.1. The van der Waals surface area contributed by atoms with Gasteiger partial charge in [0.05, 0.1) is 29.3 Å². The molecule has 8 heteroatoms. The van der Waals surface area contributed by atoms with Crippen LogP contribution in [0.2, 0.25) is 0 Å². The van der Waals surface area contributed by atoms with E-state index in [1.807, 2.05) is 38.1 Å². The smallest absolute Gasteiger partial charge is 0.268 e. The summed E-state index contributed by atoms with van der Waals surface area (Å²) in [6.07, 6.45) is -0.303. The summed E-state index contributed by atoms with van der Waals surface area (Å²) in [6, 6.07) is 14.0. The predicted octanol–water partition coefficient (Wildman–Crippen LogP) is 4.58. The Balaban J connectivity index is 1.44. The first-order valence-electron chi connectivity index (χ1n) is 9.48. The average molecular weight is 471 g/mol. The van der Waals surface area contributed by atoms with Crippen LogP contribution in [-0.2, 0) is 16.2 Å². The summed E-state index contributed by atoms with van der Waals surface area (Å²) >= 11 is 3.44. The molecule has 0 saturated carbocycles. The monoisotopic (exact) mass is 470 g/mol. The van der Waals surface area contributed by atoms with Gasteiger partial charge in [0.2, 0.25) is 6.10 Å². The molecule has 1 N–H and O–H groups in total. The number of amides is 1. The molecule has 1 amide bonds. The molecule has 2 aromatic carbocycles. The average Bonchev–Trinajstić information content (AvgIpc) is 3.31. The number of hydrogen-bond acceptors (Lipinski definition) is 4. The molecule has 0 fully saturated rings. The van der Waals surface area contributed by atoms with Crippen LogP contribution in [0.1, 0.15) is 28.9 Å². The number of nitrogens with zero attached hydrogens (tertiary/aromatic N) is 3. The van der Waals surface area contributed by atoms with Crippen LogP contribution in [0, 0.1) is 19.7 Å². The minimum absolute atomic E-state index is 0.267. The Bertz CT molecular complexity index is 1120. The van der Waals surface area contributed by atoms with Crippen molar-refractivity contribution < 1.29 is 14.0 Å². The van der Waals surface area contributed by atoms with E-state index in [1.54, 1.807) is 16.8 Å². The summed E-state index contributed by atoms with van der Waals surface area (Å²) < 4.78 is 15.9. The zero-order chi connectivity index (χ0) is 21.3. The number of carbonyl (C=O) groups excluding carboxylic acids is 1. The number of oxime groups is 1. The third-order valence-corrected chi connectivity index (χ3v) is 5.49. The highest BCUT2D eigenvalue weighted by Gasteiger charge is 2.30. The third kappa shape index (κ3) is 4.28. The molecule has 154 valence electrons. The number of nitrogens with one attached hydrogen (secondary N) is 1. The molecule has 0 radical (unpaired) electrons. The lowest BCUT2D eigenvalue weighted by Crippen LogP contribution is -2.28. The Morgan fingerprint density at radius 3 is 2.77 bits per heavy atom. The molecule has 0 unspecified atom stereocenters. The highest BCUT2D eigenvalue weighted by atomic mass is 79.9. The Morgan fingerprint density at radius 2 is 2.03 bits per heavy atom. The molecule has 1 atom stereocenters. The van der Waals surface area contributed by atoms with Crippen molar-refractivity contribution in [1.29, 1.82) is 0 Å². The van der Waals surface area contributed by atoms with E-state index in [2.05, 4.69) is 31.5 Å². The second-order valence-corrected chi connectivity index (χ2v) is 8.08. The second kappa shape index (κ2) is 8.39. The minimum Gasteiger partial charge on any atom is -0.382 e. The number of hydrogen-bond donors (Lipinski definition) is 1. The van der Waals surface area contributed by atoms with Gasteiger partial charge in [-0.3, -0.25) is 9.48 Å². The Hall–Kier alpha value is -3.00. The molecule has 0 spiro atoms. The van der Waals surface area contributed by atoms with Gasteiger partial charge in [-0.1, -0.05) is 45.4 Å². The first kappa shape index (κ1) is 20.3. The molecule has 1 aliphatic heterocycles. The summed E-state index contributed by atoms with van der Waals surface area (Å²) in [4.78, 5) is 18.2. The number of aromatic nitrogens is 2. The SMILES string of the molecule is Cc1nn(Cc2ccc(F)cc2)c(C)c1NC(=O)[C@@H]1CC(c2cccc(Br)c2)=NO1. The topological polar surface area (TPSA) is 68.5 Å². The van der Waals surface area contributed by atoms with Crippen LogP contribution >= 0.6 is 15.9 Å². The molecule has 3 aromatic rings. The number of carbonyl (C=O) groups is 1. The lowest BCUT2D eigenvalue weighted by molar-refractivity contribution is -0.125.